The van der Waals surface area contributed by atoms with Gasteiger partial charge >= 0.3 is 0 Å². The van der Waals surface area contributed by atoms with Crippen LogP contribution in [0.5, 0.6) is 0 Å². The van der Waals surface area contributed by atoms with Crippen molar-refractivity contribution in [1.82, 2.24) is 20.1 Å². The third kappa shape index (κ3) is 4.78. The molecule has 0 aromatic carbocycles. The van der Waals surface area contributed by atoms with Crippen LogP contribution in [0.15, 0.2) is 41.9 Å². The highest BCUT2D eigenvalue weighted by Gasteiger charge is 2.27. The fourth-order valence-corrected chi connectivity index (χ4v) is 4.69. The molecule has 4 rings (SSSR count). The molecule has 0 spiro atoms. The molecule has 1 unspecified atom stereocenters. The molecule has 0 radical (unpaired) electrons. The number of ether oxygens (including phenoxy) is 1. The zero-order valence-corrected chi connectivity index (χ0v) is 16.9. The van der Waals surface area contributed by atoms with Crippen molar-refractivity contribution in [1.29, 1.82) is 0 Å². The Hall–Kier alpha value is -1.80. The number of likely N-dealkylation sites (tertiary alicyclic amines) is 1. The number of carbonyl (C=O) groups is 1. The van der Waals surface area contributed by atoms with Gasteiger partial charge < -0.3 is 15.0 Å². The molecule has 2 fully saturated rings. The van der Waals surface area contributed by atoms with E-state index < -0.39 is 0 Å². The summed E-state index contributed by atoms with van der Waals surface area (Å²) >= 11 is 1.52. The first-order valence-electron chi connectivity index (χ1n) is 10.1. The molecule has 2 saturated heterocycles. The number of rotatable bonds is 6. The second kappa shape index (κ2) is 9.60. The number of carbonyl (C=O) groups excluding carboxylic acids is 1. The second-order valence-electron chi connectivity index (χ2n) is 7.37. The average Bonchev–Trinajstić information content (AvgIpc) is 3.30. The lowest BCUT2D eigenvalue weighted by molar-refractivity contribution is 0.0143. The van der Waals surface area contributed by atoms with Gasteiger partial charge in [-0.2, -0.15) is 0 Å². The summed E-state index contributed by atoms with van der Waals surface area (Å²) in [6, 6.07) is 10.7. The van der Waals surface area contributed by atoms with Crippen molar-refractivity contribution >= 4 is 17.2 Å². The summed E-state index contributed by atoms with van der Waals surface area (Å²) in [4.78, 5) is 22.4. The number of thiophene rings is 1. The summed E-state index contributed by atoms with van der Waals surface area (Å²) in [5, 5.41) is 5.72. The van der Waals surface area contributed by atoms with Gasteiger partial charge in [-0.25, -0.2) is 0 Å². The van der Waals surface area contributed by atoms with Crippen molar-refractivity contribution in [2.75, 3.05) is 45.9 Å². The van der Waals surface area contributed by atoms with Gasteiger partial charge in [0.1, 0.15) is 0 Å². The Bertz CT molecular complexity index is 726. The standard InChI is InChI=1S/C21H28N4O2S/c26-21(20-5-3-15-28-20)25-9-6-17(7-10-25)23-16-19(18-4-1-2-8-22-18)24-11-13-27-14-12-24/h1-5,8,15,17,19,23H,6-7,9-14,16H2. The molecule has 6 nitrogen and oxygen atoms in total. The molecule has 2 aliphatic heterocycles. The molecule has 2 aromatic heterocycles. The van der Waals surface area contributed by atoms with E-state index in [0.29, 0.717) is 6.04 Å². The van der Waals surface area contributed by atoms with Crippen LogP contribution < -0.4 is 5.32 Å². The van der Waals surface area contributed by atoms with Gasteiger partial charge in [0.05, 0.1) is 29.8 Å². The molecule has 28 heavy (non-hydrogen) atoms. The number of pyridine rings is 1. The summed E-state index contributed by atoms with van der Waals surface area (Å²) in [5.74, 6) is 0.174. The number of hydrogen-bond donors (Lipinski definition) is 1. The highest BCUT2D eigenvalue weighted by molar-refractivity contribution is 7.12. The lowest BCUT2D eigenvalue weighted by atomic mass is 10.0. The first-order chi connectivity index (χ1) is 13.8. The van der Waals surface area contributed by atoms with Crippen molar-refractivity contribution < 1.29 is 9.53 Å². The summed E-state index contributed by atoms with van der Waals surface area (Å²) in [6.45, 7) is 5.97. The van der Waals surface area contributed by atoms with Gasteiger partial charge in [-0.1, -0.05) is 12.1 Å². The van der Waals surface area contributed by atoms with Gasteiger partial charge in [0.25, 0.3) is 5.91 Å². The molecule has 2 aliphatic rings. The van der Waals surface area contributed by atoms with E-state index in [4.69, 9.17) is 4.74 Å². The van der Waals surface area contributed by atoms with E-state index in [-0.39, 0.29) is 11.9 Å². The third-order valence-electron chi connectivity index (χ3n) is 5.63. The predicted octanol–water partition coefficient (Wildman–Crippen LogP) is 2.41. The molecule has 2 aromatic rings. The van der Waals surface area contributed by atoms with Crippen LogP contribution in [-0.2, 0) is 4.74 Å². The van der Waals surface area contributed by atoms with Gasteiger partial charge in [0.2, 0.25) is 0 Å². The van der Waals surface area contributed by atoms with Gasteiger partial charge in [-0.3, -0.25) is 14.7 Å². The second-order valence-corrected chi connectivity index (χ2v) is 8.32. The molecule has 7 heteroatoms. The van der Waals surface area contributed by atoms with Gasteiger partial charge in [-0.15, -0.1) is 11.3 Å². The zero-order chi connectivity index (χ0) is 19.2. The molecule has 0 saturated carbocycles. The van der Waals surface area contributed by atoms with Crippen LogP contribution in [0.25, 0.3) is 0 Å². The minimum Gasteiger partial charge on any atom is -0.379 e. The van der Waals surface area contributed by atoms with Crippen LogP contribution in [0, 0.1) is 0 Å². The Morgan fingerprint density at radius 3 is 2.68 bits per heavy atom. The Morgan fingerprint density at radius 1 is 1.18 bits per heavy atom. The lowest BCUT2D eigenvalue weighted by Gasteiger charge is -2.37. The maximum atomic E-state index is 12.5. The minimum atomic E-state index is 0.174. The number of aromatic nitrogens is 1. The third-order valence-corrected chi connectivity index (χ3v) is 6.49. The van der Waals surface area contributed by atoms with E-state index >= 15 is 0 Å². The monoisotopic (exact) mass is 400 g/mol. The Kier molecular flexibility index (Phi) is 6.69. The Morgan fingerprint density at radius 2 is 2.00 bits per heavy atom. The Balaban J connectivity index is 1.31. The van der Waals surface area contributed by atoms with Crippen molar-refractivity contribution in [2.24, 2.45) is 0 Å². The number of morpholine rings is 1. The number of hydrogen-bond acceptors (Lipinski definition) is 6. The van der Waals surface area contributed by atoms with E-state index in [0.717, 1.165) is 69.4 Å². The van der Waals surface area contributed by atoms with Crippen molar-refractivity contribution in [3.63, 3.8) is 0 Å². The average molecular weight is 401 g/mol. The molecule has 4 heterocycles. The molecule has 0 aliphatic carbocycles. The highest BCUT2D eigenvalue weighted by atomic mass is 32.1. The van der Waals surface area contributed by atoms with Gasteiger partial charge in [0.15, 0.2) is 0 Å². The zero-order valence-electron chi connectivity index (χ0n) is 16.1. The number of piperidine rings is 1. The van der Waals surface area contributed by atoms with Crippen LogP contribution in [0.4, 0.5) is 0 Å². The number of nitrogens with zero attached hydrogens (tertiary/aromatic N) is 3. The number of amides is 1. The largest absolute Gasteiger partial charge is 0.379 e. The van der Waals surface area contributed by atoms with Gasteiger partial charge in [0, 0.05) is 45.0 Å². The normalized spacial score (nSPS) is 20.2. The summed E-state index contributed by atoms with van der Waals surface area (Å²) < 4.78 is 5.53. The van der Waals surface area contributed by atoms with E-state index in [1.165, 1.54) is 11.3 Å². The topological polar surface area (TPSA) is 57.7 Å². The molecule has 0 bridgehead atoms. The van der Waals surface area contributed by atoms with E-state index in [1.54, 1.807) is 0 Å². The molecule has 1 atom stereocenters. The SMILES string of the molecule is O=C(c1cccs1)N1CCC(NCC(c2ccccn2)N2CCOCC2)CC1. The van der Waals surface area contributed by atoms with Gasteiger partial charge in [-0.05, 0) is 36.4 Å². The predicted molar refractivity (Wildman–Crippen MR) is 111 cm³/mol. The molecule has 1 N–H and O–H groups in total. The van der Waals surface area contributed by atoms with Crippen molar-refractivity contribution in [2.45, 2.75) is 24.9 Å². The fraction of sp³-hybridized carbons (Fsp3) is 0.524. The minimum absolute atomic E-state index is 0.174. The smallest absolute Gasteiger partial charge is 0.263 e. The summed E-state index contributed by atoms with van der Waals surface area (Å²) in [7, 11) is 0. The van der Waals surface area contributed by atoms with E-state index in [1.807, 2.05) is 34.7 Å². The Labute approximate surface area is 170 Å². The lowest BCUT2D eigenvalue weighted by Crippen LogP contribution is -2.48. The molecule has 150 valence electrons. The first-order valence-corrected chi connectivity index (χ1v) is 11.0. The quantitative estimate of drug-likeness (QED) is 0.807. The van der Waals surface area contributed by atoms with Crippen LogP contribution >= 0.6 is 11.3 Å². The maximum Gasteiger partial charge on any atom is 0.263 e. The molecular formula is C21H28N4O2S. The molecular weight excluding hydrogens is 372 g/mol. The van der Waals surface area contributed by atoms with Crippen LogP contribution in [0.3, 0.4) is 0 Å². The number of nitrogens with one attached hydrogen (secondary N) is 1. The molecule has 1 amide bonds. The summed E-state index contributed by atoms with van der Waals surface area (Å²) in [5.41, 5.74) is 1.11. The van der Waals surface area contributed by atoms with E-state index in [9.17, 15) is 4.79 Å². The first kappa shape index (κ1) is 19.5. The van der Waals surface area contributed by atoms with Crippen molar-refractivity contribution in [3.05, 3.63) is 52.5 Å². The van der Waals surface area contributed by atoms with Crippen LogP contribution in [0.1, 0.15) is 34.2 Å². The fourth-order valence-electron chi connectivity index (χ4n) is 4.00. The summed E-state index contributed by atoms with van der Waals surface area (Å²) in [6.07, 6.45) is 3.86. The van der Waals surface area contributed by atoms with Crippen LogP contribution in [0.2, 0.25) is 0 Å². The van der Waals surface area contributed by atoms with E-state index in [2.05, 4.69) is 27.3 Å². The maximum absolute atomic E-state index is 12.5. The van der Waals surface area contributed by atoms with Crippen molar-refractivity contribution in [3.8, 4) is 0 Å². The van der Waals surface area contributed by atoms with Crippen LogP contribution in [-0.4, -0.2) is 72.7 Å². The highest BCUT2D eigenvalue weighted by Crippen LogP contribution is 2.21.